The summed E-state index contributed by atoms with van der Waals surface area (Å²) < 4.78 is 0. The lowest BCUT2D eigenvalue weighted by Gasteiger charge is -2.25. The van der Waals surface area contributed by atoms with E-state index in [0.717, 1.165) is 34.3 Å². The normalized spacial score (nSPS) is 23.0. The van der Waals surface area contributed by atoms with Crippen LogP contribution in [0, 0.1) is 11.8 Å². The molecule has 4 rings (SSSR count). The van der Waals surface area contributed by atoms with Gasteiger partial charge in [-0.25, -0.2) is 0 Å². The zero-order valence-corrected chi connectivity index (χ0v) is 12.6. The molecule has 2 aliphatic rings. The first-order chi connectivity index (χ1) is 10.2. The predicted molar refractivity (Wildman–Crippen MR) is 89.0 cm³/mol. The molecule has 0 spiro atoms. The standard InChI is InChI=1S/C16H15N3O2.ClH/c20-16(21)11-5-10-2-4-18-14-7-13-9(1-3-17-13)6-12(14)15(10)19-8-11;/h1,3-4,6-7,10-11,17H,2,5,8H2,(H,20,21);1H. The lowest BCUT2D eigenvalue weighted by Crippen LogP contribution is -2.30. The maximum Gasteiger partial charge on any atom is 0.308 e. The number of hydrogen-bond donors (Lipinski definition) is 2. The molecule has 22 heavy (non-hydrogen) atoms. The number of halogens is 1. The van der Waals surface area contributed by atoms with Crippen molar-refractivity contribution in [3.05, 3.63) is 30.0 Å². The van der Waals surface area contributed by atoms with Crippen molar-refractivity contribution in [1.29, 1.82) is 0 Å². The molecule has 2 unspecified atom stereocenters. The fourth-order valence-corrected chi connectivity index (χ4v) is 3.24. The van der Waals surface area contributed by atoms with Crippen LogP contribution < -0.4 is 0 Å². The van der Waals surface area contributed by atoms with Gasteiger partial charge in [-0.3, -0.25) is 14.8 Å². The number of aliphatic imine (C=N–C) groups is 2. The van der Waals surface area contributed by atoms with Crippen LogP contribution in [0.2, 0.25) is 0 Å². The van der Waals surface area contributed by atoms with Crippen molar-refractivity contribution in [3.63, 3.8) is 0 Å². The quantitative estimate of drug-likeness (QED) is 0.847. The van der Waals surface area contributed by atoms with Crippen molar-refractivity contribution in [2.45, 2.75) is 12.8 Å². The minimum absolute atomic E-state index is 0. The number of benzene rings is 1. The molecule has 1 aromatic carbocycles. The second-order valence-corrected chi connectivity index (χ2v) is 5.68. The third-order valence-corrected chi connectivity index (χ3v) is 4.35. The third-order valence-electron chi connectivity index (χ3n) is 4.35. The molecule has 2 aliphatic heterocycles. The summed E-state index contributed by atoms with van der Waals surface area (Å²) in [6, 6.07) is 6.18. The van der Waals surface area contributed by atoms with E-state index in [1.807, 2.05) is 24.5 Å². The Labute approximate surface area is 133 Å². The van der Waals surface area contributed by atoms with Crippen LogP contribution in [0.15, 0.2) is 34.4 Å². The lowest BCUT2D eigenvalue weighted by molar-refractivity contribution is -0.141. The smallest absolute Gasteiger partial charge is 0.308 e. The summed E-state index contributed by atoms with van der Waals surface area (Å²) in [5.74, 6) is -0.966. The first kappa shape index (κ1) is 14.8. The van der Waals surface area contributed by atoms with E-state index in [9.17, 15) is 9.90 Å². The molecular weight excluding hydrogens is 302 g/mol. The Morgan fingerprint density at radius 1 is 1.36 bits per heavy atom. The number of fused-ring (bicyclic) bond motifs is 4. The zero-order valence-electron chi connectivity index (χ0n) is 11.8. The summed E-state index contributed by atoms with van der Waals surface area (Å²) in [5.41, 5.74) is 4.04. The highest BCUT2D eigenvalue weighted by atomic mass is 35.5. The second kappa shape index (κ2) is 5.57. The lowest BCUT2D eigenvalue weighted by atomic mass is 9.83. The number of H-pyrrole nitrogens is 1. The van der Waals surface area contributed by atoms with Gasteiger partial charge in [0.1, 0.15) is 0 Å². The van der Waals surface area contributed by atoms with Crippen LogP contribution in [0.4, 0.5) is 5.69 Å². The van der Waals surface area contributed by atoms with Crippen molar-refractivity contribution < 1.29 is 9.90 Å². The molecule has 3 heterocycles. The van der Waals surface area contributed by atoms with Crippen molar-refractivity contribution in [3.8, 4) is 0 Å². The number of hydrogen-bond acceptors (Lipinski definition) is 3. The van der Waals surface area contributed by atoms with Gasteiger partial charge in [-0.05, 0) is 31.0 Å². The molecule has 2 atom stereocenters. The number of carboxylic acids is 1. The number of nitrogens with zero attached hydrogens (tertiary/aromatic N) is 2. The molecule has 2 aromatic rings. The topological polar surface area (TPSA) is 77.8 Å². The summed E-state index contributed by atoms with van der Waals surface area (Å²) in [7, 11) is 0. The molecule has 0 radical (unpaired) electrons. The van der Waals surface area contributed by atoms with E-state index in [1.54, 1.807) is 0 Å². The van der Waals surface area contributed by atoms with Gasteiger partial charge in [0, 0.05) is 40.5 Å². The molecule has 6 heteroatoms. The summed E-state index contributed by atoms with van der Waals surface area (Å²) in [6.07, 6.45) is 5.20. The highest BCUT2D eigenvalue weighted by Crippen LogP contribution is 2.35. The van der Waals surface area contributed by atoms with E-state index < -0.39 is 5.97 Å². The number of carboxylic acid groups (broad SMARTS) is 1. The summed E-state index contributed by atoms with van der Waals surface area (Å²) in [5, 5.41) is 10.3. The average Bonchev–Trinajstić information content (AvgIpc) is 2.85. The van der Waals surface area contributed by atoms with Gasteiger partial charge in [-0.15, -0.1) is 12.4 Å². The largest absolute Gasteiger partial charge is 0.481 e. The Morgan fingerprint density at radius 2 is 2.23 bits per heavy atom. The SMILES string of the molecule is Cl.O=C(O)C1CN=C2c3cc4cc[nH]c4cc3N=CCC2C1. The number of nitrogens with one attached hydrogen (secondary N) is 1. The van der Waals surface area contributed by atoms with E-state index >= 15 is 0 Å². The monoisotopic (exact) mass is 317 g/mol. The summed E-state index contributed by atoms with van der Waals surface area (Å²) in [4.78, 5) is 23.5. The maximum atomic E-state index is 11.2. The van der Waals surface area contributed by atoms with Crippen LogP contribution in [-0.4, -0.2) is 34.5 Å². The van der Waals surface area contributed by atoms with Crippen LogP contribution >= 0.6 is 12.4 Å². The summed E-state index contributed by atoms with van der Waals surface area (Å²) >= 11 is 0. The number of rotatable bonds is 1. The van der Waals surface area contributed by atoms with Crippen LogP contribution in [-0.2, 0) is 4.79 Å². The maximum absolute atomic E-state index is 11.2. The molecular formula is C16H16ClN3O2. The number of aromatic nitrogens is 1. The van der Waals surface area contributed by atoms with Crippen LogP contribution in [0.5, 0.6) is 0 Å². The fourth-order valence-electron chi connectivity index (χ4n) is 3.24. The van der Waals surface area contributed by atoms with Gasteiger partial charge in [-0.1, -0.05) is 0 Å². The molecule has 0 aliphatic carbocycles. The molecule has 2 N–H and O–H groups in total. The van der Waals surface area contributed by atoms with Crippen LogP contribution in [0.1, 0.15) is 18.4 Å². The average molecular weight is 318 g/mol. The van der Waals surface area contributed by atoms with Crippen molar-refractivity contribution in [2.24, 2.45) is 21.8 Å². The molecule has 1 aromatic heterocycles. The molecule has 0 saturated carbocycles. The Balaban J connectivity index is 0.00000144. The number of aromatic amines is 1. The summed E-state index contributed by atoms with van der Waals surface area (Å²) in [6.45, 7) is 0.367. The number of carbonyl (C=O) groups is 1. The van der Waals surface area contributed by atoms with Crippen LogP contribution in [0.25, 0.3) is 10.9 Å². The van der Waals surface area contributed by atoms with Crippen molar-refractivity contribution in [1.82, 2.24) is 4.98 Å². The molecule has 0 saturated heterocycles. The first-order valence-electron chi connectivity index (χ1n) is 7.13. The van der Waals surface area contributed by atoms with Gasteiger partial charge in [0.2, 0.25) is 0 Å². The minimum Gasteiger partial charge on any atom is -0.481 e. The van der Waals surface area contributed by atoms with E-state index in [-0.39, 0.29) is 24.2 Å². The Hall–Kier alpha value is -2.14. The predicted octanol–water partition coefficient (Wildman–Crippen LogP) is 3.21. The van der Waals surface area contributed by atoms with Crippen molar-refractivity contribution in [2.75, 3.05) is 6.54 Å². The molecule has 0 fully saturated rings. The van der Waals surface area contributed by atoms with Gasteiger partial charge in [-0.2, -0.15) is 0 Å². The highest BCUT2D eigenvalue weighted by Gasteiger charge is 2.32. The van der Waals surface area contributed by atoms with E-state index in [0.29, 0.717) is 13.0 Å². The van der Waals surface area contributed by atoms with Gasteiger partial charge in [0.05, 0.1) is 18.2 Å². The molecule has 5 nitrogen and oxygen atoms in total. The van der Waals surface area contributed by atoms with E-state index in [4.69, 9.17) is 0 Å². The highest BCUT2D eigenvalue weighted by molar-refractivity contribution is 6.11. The minimum atomic E-state index is -0.750. The third kappa shape index (κ3) is 2.31. The molecule has 0 amide bonds. The van der Waals surface area contributed by atoms with Gasteiger partial charge in [0.15, 0.2) is 0 Å². The molecule has 114 valence electrons. The zero-order chi connectivity index (χ0) is 14.4. The van der Waals surface area contributed by atoms with Crippen molar-refractivity contribution >= 4 is 46.9 Å². The number of aliphatic carboxylic acids is 1. The second-order valence-electron chi connectivity index (χ2n) is 5.68. The Bertz CT molecular complexity index is 794. The Morgan fingerprint density at radius 3 is 3.05 bits per heavy atom. The van der Waals surface area contributed by atoms with E-state index in [1.165, 1.54) is 0 Å². The van der Waals surface area contributed by atoms with Gasteiger partial charge in [0.25, 0.3) is 0 Å². The first-order valence-corrected chi connectivity index (χ1v) is 7.13. The van der Waals surface area contributed by atoms with Crippen LogP contribution in [0.3, 0.4) is 0 Å². The van der Waals surface area contributed by atoms with E-state index in [2.05, 4.69) is 21.0 Å². The van der Waals surface area contributed by atoms with Gasteiger partial charge < -0.3 is 10.1 Å². The van der Waals surface area contributed by atoms with Gasteiger partial charge >= 0.3 is 5.97 Å². The molecule has 0 bridgehead atoms. The fraction of sp³-hybridized carbons (Fsp3) is 0.312. The Kier molecular flexibility index (Phi) is 3.74.